The van der Waals surface area contributed by atoms with E-state index in [1.165, 1.54) is 13.0 Å². The van der Waals surface area contributed by atoms with Crippen LogP contribution in [0.2, 0.25) is 0 Å². The molecule has 1 aromatic heterocycles. The first-order chi connectivity index (χ1) is 9.99. The molecule has 2 amide bonds. The average molecular weight is 300 g/mol. The molecule has 0 spiro atoms. The van der Waals surface area contributed by atoms with Gasteiger partial charge in [-0.1, -0.05) is 0 Å². The fraction of sp³-hybridized carbons (Fsp3) is 0.615. The fourth-order valence-electron chi connectivity index (χ4n) is 2.30. The molecule has 1 aliphatic heterocycles. The van der Waals surface area contributed by atoms with Gasteiger partial charge in [0.1, 0.15) is 0 Å². The Balaban J connectivity index is 1.77. The van der Waals surface area contributed by atoms with Gasteiger partial charge in [-0.15, -0.1) is 0 Å². The van der Waals surface area contributed by atoms with Gasteiger partial charge in [-0.2, -0.15) is 13.9 Å². The first kappa shape index (κ1) is 15.4. The quantitative estimate of drug-likeness (QED) is 0.806. The Kier molecular flexibility index (Phi) is 4.87. The Labute approximate surface area is 121 Å². The highest BCUT2D eigenvalue weighted by atomic mass is 19.3. The molecule has 0 bridgehead atoms. The number of carbonyl (C=O) groups excluding carboxylic acids is 2. The lowest BCUT2D eigenvalue weighted by Gasteiger charge is -2.14. The van der Waals surface area contributed by atoms with Gasteiger partial charge >= 0.3 is 6.55 Å². The van der Waals surface area contributed by atoms with E-state index in [0.29, 0.717) is 30.6 Å². The summed E-state index contributed by atoms with van der Waals surface area (Å²) in [5, 5.41) is 6.19. The molecule has 6 nitrogen and oxygen atoms in total. The highest BCUT2D eigenvalue weighted by molar-refractivity contribution is 5.92. The van der Waals surface area contributed by atoms with Gasteiger partial charge in [-0.25, -0.2) is 4.68 Å². The minimum Gasteiger partial charge on any atom is -0.351 e. The maximum absolute atomic E-state index is 12.6. The standard InChI is InChI=1S/C13H18F2N4O2/c1-9-8-10(17-19(9)13(14)15)12(21)16-5-3-7-18-6-2-4-11(18)20/h8,13H,2-7H2,1H3,(H,16,21). The van der Waals surface area contributed by atoms with Crippen molar-refractivity contribution in [2.24, 2.45) is 0 Å². The van der Waals surface area contributed by atoms with Gasteiger partial charge in [0, 0.05) is 31.7 Å². The zero-order valence-electron chi connectivity index (χ0n) is 11.8. The van der Waals surface area contributed by atoms with Crippen LogP contribution in [0.1, 0.15) is 42.0 Å². The monoisotopic (exact) mass is 300 g/mol. The van der Waals surface area contributed by atoms with Gasteiger partial charge in [0.25, 0.3) is 5.91 Å². The minimum absolute atomic E-state index is 0.0231. The summed E-state index contributed by atoms with van der Waals surface area (Å²) in [6.45, 7) is 0.458. The zero-order chi connectivity index (χ0) is 15.4. The molecule has 2 heterocycles. The molecule has 116 valence electrons. The topological polar surface area (TPSA) is 67.2 Å². The van der Waals surface area contributed by atoms with E-state index in [1.807, 2.05) is 0 Å². The van der Waals surface area contributed by atoms with E-state index in [-0.39, 0.29) is 17.3 Å². The van der Waals surface area contributed by atoms with Crippen LogP contribution in [0.4, 0.5) is 8.78 Å². The van der Waals surface area contributed by atoms with E-state index in [2.05, 4.69) is 10.4 Å². The molecule has 8 heteroatoms. The number of nitrogens with one attached hydrogen (secondary N) is 1. The van der Waals surface area contributed by atoms with Crippen molar-refractivity contribution in [2.45, 2.75) is 32.7 Å². The van der Waals surface area contributed by atoms with E-state index in [9.17, 15) is 18.4 Å². The Morgan fingerprint density at radius 1 is 1.52 bits per heavy atom. The number of amides is 2. The number of hydrogen-bond donors (Lipinski definition) is 1. The van der Waals surface area contributed by atoms with Crippen molar-refractivity contribution in [3.05, 3.63) is 17.5 Å². The van der Waals surface area contributed by atoms with Crippen molar-refractivity contribution in [2.75, 3.05) is 19.6 Å². The van der Waals surface area contributed by atoms with Crippen LogP contribution in [0, 0.1) is 6.92 Å². The Hall–Kier alpha value is -1.99. The summed E-state index contributed by atoms with van der Waals surface area (Å²) in [6, 6.07) is 1.32. The Bertz CT molecular complexity index is 530. The van der Waals surface area contributed by atoms with Gasteiger partial charge in [0.15, 0.2) is 5.69 Å². The molecule has 0 aromatic carbocycles. The van der Waals surface area contributed by atoms with Crippen molar-refractivity contribution < 1.29 is 18.4 Å². The molecule has 0 atom stereocenters. The van der Waals surface area contributed by atoms with Crippen LogP contribution in [-0.4, -0.2) is 46.1 Å². The molecule has 1 N–H and O–H groups in total. The maximum atomic E-state index is 12.6. The second kappa shape index (κ2) is 6.64. The molecule has 0 unspecified atom stereocenters. The molecule has 0 saturated carbocycles. The highest BCUT2D eigenvalue weighted by Gasteiger charge is 2.19. The van der Waals surface area contributed by atoms with Crippen LogP contribution >= 0.6 is 0 Å². The molecule has 1 aliphatic rings. The lowest BCUT2D eigenvalue weighted by molar-refractivity contribution is -0.127. The first-order valence-corrected chi connectivity index (χ1v) is 6.89. The number of alkyl halides is 2. The molecule has 1 saturated heterocycles. The van der Waals surface area contributed by atoms with E-state index in [1.54, 1.807) is 4.90 Å². The predicted molar refractivity (Wildman–Crippen MR) is 71.0 cm³/mol. The molecule has 2 rings (SSSR count). The average Bonchev–Trinajstić information content (AvgIpc) is 3.01. The number of carbonyl (C=O) groups is 2. The normalized spacial score (nSPS) is 15.0. The number of aromatic nitrogens is 2. The van der Waals surface area contributed by atoms with Crippen LogP contribution < -0.4 is 5.32 Å². The fourth-order valence-corrected chi connectivity index (χ4v) is 2.30. The van der Waals surface area contributed by atoms with Crippen molar-refractivity contribution in [3.63, 3.8) is 0 Å². The predicted octanol–water partition coefficient (Wildman–Crippen LogP) is 1.33. The summed E-state index contributed by atoms with van der Waals surface area (Å²) in [4.78, 5) is 24.9. The summed E-state index contributed by atoms with van der Waals surface area (Å²) >= 11 is 0. The third kappa shape index (κ3) is 3.77. The number of rotatable bonds is 6. The highest BCUT2D eigenvalue weighted by Crippen LogP contribution is 2.13. The van der Waals surface area contributed by atoms with Crippen molar-refractivity contribution >= 4 is 11.8 Å². The van der Waals surface area contributed by atoms with Crippen LogP contribution in [0.5, 0.6) is 0 Å². The lowest BCUT2D eigenvalue weighted by Crippen LogP contribution is -2.30. The van der Waals surface area contributed by atoms with Crippen LogP contribution in [0.25, 0.3) is 0 Å². The Morgan fingerprint density at radius 3 is 2.86 bits per heavy atom. The van der Waals surface area contributed by atoms with Crippen LogP contribution in [0.15, 0.2) is 6.07 Å². The van der Waals surface area contributed by atoms with E-state index in [0.717, 1.165) is 13.0 Å². The summed E-state index contributed by atoms with van der Waals surface area (Å²) in [5.74, 6) is -0.335. The molecule has 0 radical (unpaired) electrons. The molecular formula is C13H18F2N4O2. The molecule has 1 aromatic rings. The largest absolute Gasteiger partial charge is 0.351 e. The summed E-state index contributed by atoms with van der Waals surface area (Å²) in [5.41, 5.74) is 0.211. The zero-order valence-corrected chi connectivity index (χ0v) is 11.8. The second-order valence-electron chi connectivity index (χ2n) is 4.99. The molecule has 0 aliphatic carbocycles. The third-order valence-electron chi connectivity index (χ3n) is 3.40. The van der Waals surface area contributed by atoms with Gasteiger partial charge in [0.2, 0.25) is 5.91 Å². The van der Waals surface area contributed by atoms with Gasteiger partial charge in [0.05, 0.1) is 0 Å². The minimum atomic E-state index is -2.76. The number of halogens is 2. The maximum Gasteiger partial charge on any atom is 0.333 e. The summed E-state index contributed by atoms with van der Waals surface area (Å²) in [7, 11) is 0. The SMILES string of the molecule is Cc1cc(C(=O)NCCCN2CCCC2=O)nn1C(F)F. The number of hydrogen-bond acceptors (Lipinski definition) is 3. The first-order valence-electron chi connectivity index (χ1n) is 6.89. The summed E-state index contributed by atoms with van der Waals surface area (Å²) in [6.07, 6.45) is 2.11. The summed E-state index contributed by atoms with van der Waals surface area (Å²) < 4.78 is 25.6. The smallest absolute Gasteiger partial charge is 0.333 e. The number of nitrogens with zero attached hydrogens (tertiary/aromatic N) is 3. The van der Waals surface area contributed by atoms with Crippen LogP contribution in [0.3, 0.4) is 0 Å². The molecular weight excluding hydrogens is 282 g/mol. The van der Waals surface area contributed by atoms with Gasteiger partial charge in [-0.05, 0) is 25.8 Å². The van der Waals surface area contributed by atoms with Crippen molar-refractivity contribution in [1.82, 2.24) is 20.0 Å². The Morgan fingerprint density at radius 2 is 2.29 bits per heavy atom. The van der Waals surface area contributed by atoms with Crippen molar-refractivity contribution in [3.8, 4) is 0 Å². The van der Waals surface area contributed by atoms with Gasteiger partial charge < -0.3 is 10.2 Å². The molecule has 21 heavy (non-hydrogen) atoms. The lowest BCUT2D eigenvalue weighted by atomic mass is 10.3. The third-order valence-corrected chi connectivity index (χ3v) is 3.40. The van der Waals surface area contributed by atoms with Crippen LogP contribution in [-0.2, 0) is 4.79 Å². The number of likely N-dealkylation sites (tertiary alicyclic amines) is 1. The number of aryl methyl sites for hydroxylation is 1. The van der Waals surface area contributed by atoms with E-state index < -0.39 is 12.5 Å². The van der Waals surface area contributed by atoms with E-state index >= 15 is 0 Å². The second-order valence-corrected chi connectivity index (χ2v) is 4.99. The van der Waals surface area contributed by atoms with Crippen molar-refractivity contribution in [1.29, 1.82) is 0 Å². The van der Waals surface area contributed by atoms with E-state index in [4.69, 9.17) is 0 Å². The van der Waals surface area contributed by atoms with Gasteiger partial charge in [-0.3, -0.25) is 9.59 Å². The molecule has 1 fully saturated rings.